The highest BCUT2D eigenvalue weighted by Gasteiger charge is 2.07. The van der Waals surface area contributed by atoms with E-state index >= 15 is 0 Å². The van der Waals surface area contributed by atoms with Crippen LogP contribution in [-0.4, -0.2) is 15.0 Å². The van der Waals surface area contributed by atoms with Crippen LogP contribution in [0.5, 0.6) is 0 Å². The summed E-state index contributed by atoms with van der Waals surface area (Å²) in [7, 11) is 0. The number of pyridine rings is 3. The highest BCUT2D eigenvalue weighted by atomic mass is 35.5. The smallest absolute Gasteiger partial charge is 0.126 e. The van der Waals surface area contributed by atoms with Crippen molar-refractivity contribution in [3.63, 3.8) is 0 Å². The van der Waals surface area contributed by atoms with Crippen molar-refractivity contribution in [1.82, 2.24) is 15.0 Å². The second-order valence-electron chi connectivity index (χ2n) is 6.83. The molecule has 1 fully saturated rings. The minimum absolute atomic E-state index is 0.412. The average molecular weight is 396 g/mol. The lowest BCUT2D eigenvalue weighted by molar-refractivity contribution is 0.504. The Hall–Kier alpha value is -2.66. The summed E-state index contributed by atoms with van der Waals surface area (Å²) in [5.74, 6) is 1.17. The number of nitrogens with two attached hydrogens (primary N) is 1. The van der Waals surface area contributed by atoms with Gasteiger partial charge >= 0.3 is 0 Å². The SMILES string of the molecule is C1CCCCC1.Nc1cc(-c2cccc(NCc3cccnc3)n2)c(Cl)cn1. The van der Waals surface area contributed by atoms with Gasteiger partial charge in [0.2, 0.25) is 0 Å². The summed E-state index contributed by atoms with van der Waals surface area (Å²) in [6, 6.07) is 11.3. The summed E-state index contributed by atoms with van der Waals surface area (Å²) in [6.07, 6.45) is 14.1. The molecule has 146 valence electrons. The number of hydrogen-bond donors (Lipinski definition) is 2. The summed E-state index contributed by atoms with van der Waals surface area (Å²) in [4.78, 5) is 12.6. The third-order valence-corrected chi connectivity index (χ3v) is 4.90. The highest BCUT2D eigenvalue weighted by Crippen LogP contribution is 2.27. The van der Waals surface area contributed by atoms with Crippen LogP contribution in [-0.2, 0) is 6.54 Å². The van der Waals surface area contributed by atoms with E-state index in [1.165, 1.54) is 44.7 Å². The fourth-order valence-electron chi connectivity index (χ4n) is 3.09. The van der Waals surface area contributed by atoms with Crippen molar-refractivity contribution in [3.05, 3.63) is 65.6 Å². The van der Waals surface area contributed by atoms with E-state index in [9.17, 15) is 0 Å². The zero-order valence-corrected chi connectivity index (χ0v) is 16.7. The first-order chi connectivity index (χ1) is 13.7. The van der Waals surface area contributed by atoms with Gasteiger partial charge in [-0.05, 0) is 29.8 Å². The number of nitrogens with zero attached hydrogens (tertiary/aromatic N) is 3. The zero-order valence-electron chi connectivity index (χ0n) is 15.9. The largest absolute Gasteiger partial charge is 0.384 e. The Labute approximate surface area is 171 Å². The van der Waals surface area contributed by atoms with E-state index < -0.39 is 0 Å². The Morgan fingerprint density at radius 2 is 1.71 bits per heavy atom. The molecule has 0 aliphatic heterocycles. The third kappa shape index (κ3) is 6.20. The molecule has 0 aromatic carbocycles. The van der Waals surface area contributed by atoms with Crippen molar-refractivity contribution in [2.24, 2.45) is 0 Å². The van der Waals surface area contributed by atoms with Crippen molar-refractivity contribution in [2.75, 3.05) is 11.1 Å². The number of nitrogens with one attached hydrogen (secondary N) is 1. The third-order valence-electron chi connectivity index (χ3n) is 4.60. The van der Waals surface area contributed by atoms with E-state index in [2.05, 4.69) is 20.3 Å². The van der Waals surface area contributed by atoms with Gasteiger partial charge in [-0.3, -0.25) is 4.98 Å². The van der Waals surface area contributed by atoms with Gasteiger partial charge in [0.15, 0.2) is 0 Å². The fraction of sp³-hybridized carbons (Fsp3) is 0.318. The molecule has 3 aromatic heterocycles. The Balaban J connectivity index is 0.000000320. The quantitative estimate of drug-likeness (QED) is 0.590. The summed E-state index contributed by atoms with van der Waals surface area (Å²) >= 11 is 6.17. The molecule has 28 heavy (non-hydrogen) atoms. The standard InChI is InChI=1S/C16H14ClN5.C6H12/c17-13-10-20-15(18)7-12(13)14-4-1-5-16(22-14)21-9-11-3-2-6-19-8-11;1-2-4-6-5-3-1/h1-8,10H,9H2,(H2,18,20)(H,21,22);1-6H2. The van der Waals surface area contributed by atoms with E-state index in [-0.39, 0.29) is 0 Å². The van der Waals surface area contributed by atoms with Gasteiger partial charge in [0, 0.05) is 30.7 Å². The molecule has 3 heterocycles. The van der Waals surface area contributed by atoms with Crippen molar-refractivity contribution in [3.8, 4) is 11.3 Å². The molecule has 0 spiro atoms. The molecule has 5 nitrogen and oxygen atoms in total. The molecule has 0 atom stereocenters. The molecule has 0 saturated heterocycles. The Kier molecular flexibility index (Phi) is 7.62. The van der Waals surface area contributed by atoms with Crippen molar-refractivity contribution >= 4 is 23.2 Å². The fourth-order valence-corrected chi connectivity index (χ4v) is 3.29. The van der Waals surface area contributed by atoms with Gasteiger partial charge in [-0.25, -0.2) is 9.97 Å². The monoisotopic (exact) mass is 395 g/mol. The molecule has 0 amide bonds. The molecule has 4 rings (SSSR count). The molecule has 1 aliphatic carbocycles. The van der Waals surface area contributed by atoms with Crippen molar-refractivity contribution < 1.29 is 0 Å². The minimum atomic E-state index is 0.412. The molecule has 1 saturated carbocycles. The molecular weight excluding hydrogens is 370 g/mol. The van der Waals surface area contributed by atoms with Gasteiger partial charge in [-0.1, -0.05) is 62.3 Å². The summed E-state index contributed by atoms with van der Waals surface area (Å²) in [5, 5.41) is 3.78. The first-order valence-electron chi connectivity index (χ1n) is 9.73. The number of aromatic nitrogens is 3. The van der Waals surface area contributed by atoms with Crippen LogP contribution in [0.25, 0.3) is 11.3 Å². The maximum absolute atomic E-state index is 6.17. The molecule has 6 heteroatoms. The van der Waals surface area contributed by atoms with Crippen molar-refractivity contribution in [1.29, 1.82) is 0 Å². The van der Waals surface area contributed by atoms with Crippen LogP contribution in [0.3, 0.4) is 0 Å². The van der Waals surface area contributed by atoms with Crippen LogP contribution in [0.4, 0.5) is 11.6 Å². The second-order valence-corrected chi connectivity index (χ2v) is 7.24. The van der Waals surface area contributed by atoms with Gasteiger partial charge < -0.3 is 11.1 Å². The first-order valence-corrected chi connectivity index (χ1v) is 10.1. The van der Waals surface area contributed by atoms with Gasteiger partial charge in [0.1, 0.15) is 11.6 Å². The van der Waals surface area contributed by atoms with Crippen LogP contribution in [0.2, 0.25) is 5.02 Å². The maximum Gasteiger partial charge on any atom is 0.126 e. The van der Waals surface area contributed by atoms with Crippen LogP contribution >= 0.6 is 11.6 Å². The maximum atomic E-state index is 6.17. The second kappa shape index (κ2) is 10.6. The topological polar surface area (TPSA) is 76.7 Å². The molecule has 1 aliphatic rings. The van der Waals surface area contributed by atoms with Crippen LogP contribution in [0, 0.1) is 0 Å². The summed E-state index contributed by atoms with van der Waals surface area (Å²) in [6.45, 7) is 0.649. The number of halogens is 1. The number of hydrogen-bond acceptors (Lipinski definition) is 5. The predicted octanol–water partition coefficient (Wildman–Crippen LogP) is 5.73. The van der Waals surface area contributed by atoms with E-state index in [1.807, 2.05) is 36.5 Å². The van der Waals surface area contributed by atoms with E-state index in [1.54, 1.807) is 12.3 Å². The molecule has 0 unspecified atom stereocenters. The lowest BCUT2D eigenvalue weighted by atomic mass is 10.0. The lowest BCUT2D eigenvalue weighted by Crippen LogP contribution is -2.02. The van der Waals surface area contributed by atoms with E-state index in [0.29, 0.717) is 17.4 Å². The molecule has 0 bridgehead atoms. The van der Waals surface area contributed by atoms with Gasteiger partial charge in [-0.2, -0.15) is 0 Å². The highest BCUT2D eigenvalue weighted by molar-refractivity contribution is 6.33. The number of nitrogen functional groups attached to an aromatic ring is 1. The molecule has 0 radical (unpaired) electrons. The molecular formula is C22H26ClN5. The Morgan fingerprint density at radius 1 is 0.964 bits per heavy atom. The van der Waals surface area contributed by atoms with Gasteiger partial charge in [0.25, 0.3) is 0 Å². The normalized spacial score (nSPS) is 13.3. The molecule has 3 N–H and O–H groups in total. The van der Waals surface area contributed by atoms with Gasteiger partial charge in [0.05, 0.1) is 10.7 Å². The summed E-state index contributed by atoms with van der Waals surface area (Å²) in [5.41, 5.74) is 8.31. The van der Waals surface area contributed by atoms with E-state index in [0.717, 1.165) is 22.6 Å². The zero-order chi connectivity index (χ0) is 19.6. The van der Waals surface area contributed by atoms with E-state index in [4.69, 9.17) is 17.3 Å². The lowest BCUT2D eigenvalue weighted by Gasteiger charge is -2.09. The molecule has 3 aromatic rings. The Morgan fingerprint density at radius 3 is 2.39 bits per heavy atom. The average Bonchev–Trinajstić information content (AvgIpc) is 2.76. The minimum Gasteiger partial charge on any atom is -0.384 e. The predicted molar refractivity (Wildman–Crippen MR) is 116 cm³/mol. The van der Waals surface area contributed by atoms with Crippen molar-refractivity contribution in [2.45, 2.75) is 45.1 Å². The number of rotatable bonds is 4. The van der Waals surface area contributed by atoms with Crippen LogP contribution < -0.4 is 11.1 Å². The van der Waals surface area contributed by atoms with Crippen LogP contribution in [0.1, 0.15) is 44.1 Å². The summed E-state index contributed by atoms with van der Waals surface area (Å²) < 4.78 is 0. The number of anilines is 2. The van der Waals surface area contributed by atoms with Crippen LogP contribution in [0.15, 0.2) is 55.0 Å². The van der Waals surface area contributed by atoms with Gasteiger partial charge in [-0.15, -0.1) is 0 Å². The Bertz CT molecular complexity index is 854. The first kappa shape index (κ1) is 20.1.